The van der Waals surface area contributed by atoms with Crippen LogP contribution in [0.2, 0.25) is 0 Å². The Balaban J connectivity index is 1.14. The summed E-state index contributed by atoms with van der Waals surface area (Å²) in [5.74, 6) is 1.83. The minimum atomic E-state index is 0.596. The highest BCUT2D eigenvalue weighted by atomic mass is 16.3. The van der Waals surface area contributed by atoms with Crippen molar-refractivity contribution in [2.24, 2.45) is 0 Å². The summed E-state index contributed by atoms with van der Waals surface area (Å²) in [4.78, 5) is 15.4. The number of nitrogens with zero attached hydrogens (tertiary/aromatic N) is 3. The molecule has 10 rings (SSSR count). The van der Waals surface area contributed by atoms with Gasteiger partial charge in [0.25, 0.3) is 0 Å². The van der Waals surface area contributed by atoms with Crippen LogP contribution in [-0.2, 0) is 0 Å². The Labute approximate surface area is 294 Å². The van der Waals surface area contributed by atoms with Gasteiger partial charge in [0.2, 0.25) is 0 Å². The zero-order chi connectivity index (χ0) is 33.7. The molecular weight excluding hydrogens is 623 g/mol. The van der Waals surface area contributed by atoms with Gasteiger partial charge in [-0.15, -0.1) is 0 Å². The molecule has 0 atom stereocenters. The van der Waals surface area contributed by atoms with Gasteiger partial charge in [-0.3, -0.25) is 0 Å². The average Bonchev–Trinajstić information content (AvgIpc) is 3.59. The summed E-state index contributed by atoms with van der Waals surface area (Å²) in [7, 11) is 0. The van der Waals surface area contributed by atoms with E-state index in [9.17, 15) is 0 Å². The predicted molar refractivity (Wildman–Crippen MR) is 209 cm³/mol. The van der Waals surface area contributed by atoms with E-state index in [2.05, 4.69) is 121 Å². The van der Waals surface area contributed by atoms with Crippen molar-refractivity contribution < 1.29 is 4.42 Å². The van der Waals surface area contributed by atoms with Crippen molar-refractivity contribution in [2.45, 2.75) is 0 Å². The monoisotopic (exact) mass is 651 g/mol. The fraction of sp³-hybridized carbons (Fsp3) is 0. The van der Waals surface area contributed by atoms with Gasteiger partial charge < -0.3 is 4.42 Å². The molecule has 10 aromatic rings. The van der Waals surface area contributed by atoms with E-state index in [-0.39, 0.29) is 0 Å². The van der Waals surface area contributed by atoms with Gasteiger partial charge in [0.15, 0.2) is 17.5 Å². The molecule has 0 unspecified atom stereocenters. The molecule has 4 nitrogen and oxygen atoms in total. The van der Waals surface area contributed by atoms with Gasteiger partial charge in [0.05, 0.1) is 0 Å². The quantitative estimate of drug-likeness (QED) is 0.174. The average molecular weight is 652 g/mol. The molecule has 0 amide bonds. The number of aromatic nitrogens is 3. The van der Waals surface area contributed by atoms with E-state index in [0.717, 1.165) is 55.3 Å². The van der Waals surface area contributed by atoms with Crippen LogP contribution in [-0.4, -0.2) is 15.0 Å². The Bertz CT molecular complexity index is 2900. The van der Waals surface area contributed by atoms with E-state index in [1.807, 2.05) is 54.6 Å². The van der Waals surface area contributed by atoms with E-state index in [4.69, 9.17) is 19.4 Å². The topological polar surface area (TPSA) is 51.8 Å². The van der Waals surface area contributed by atoms with Crippen molar-refractivity contribution in [1.29, 1.82) is 0 Å². The molecule has 0 saturated heterocycles. The number of furan rings is 1. The van der Waals surface area contributed by atoms with Crippen molar-refractivity contribution in [3.8, 4) is 56.4 Å². The molecule has 0 aliphatic rings. The zero-order valence-corrected chi connectivity index (χ0v) is 27.5. The lowest BCUT2D eigenvalue weighted by Gasteiger charge is -2.12. The van der Waals surface area contributed by atoms with Gasteiger partial charge in [0.1, 0.15) is 11.2 Å². The number of hydrogen-bond donors (Lipinski definition) is 0. The highest BCUT2D eigenvalue weighted by Crippen LogP contribution is 2.40. The second-order valence-electron chi connectivity index (χ2n) is 12.8. The Morgan fingerprint density at radius 2 is 0.843 bits per heavy atom. The smallest absolute Gasteiger partial charge is 0.164 e. The highest BCUT2D eigenvalue weighted by molar-refractivity contribution is 6.13. The molecular formula is C47H29N3O. The second kappa shape index (κ2) is 11.9. The minimum absolute atomic E-state index is 0.596. The van der Waals surface area contributed by atoms with Gasteiger partial charge in [-0.05, 0) is 68.1 Å². The summed E-state index contributed by atoms with van der Waals surface area (Å²) in [6.07, 6.45) is 0. The Kier molecular flexibility index (Phi) is 6.78. The van der Waals surface area contributed by atoms with Crippen LogP contribution in [0.5, 0.6) is 0 Å². The summed E-state index contributed by atoms with van der Waals surface area (Å²) in [5.41, 5.74) is 8.79. The van der Waals surface area contributed by atoms with Crippen LogP contribution < -0.4 is 0 Å². The van der Waals surface area contributed by atoms with Crippen LogP contribution >= 0.6 is 0 Å². The molecule has 0 fully saturated rings. The summed E-state index contributed by atoms with van der Waals surface area (Å²) in [5, 5.41) is 7.00. The Morgan fingerprint density at radius 1 is 0.314 bits per heavy atom. The van der Waals surface area contributed by atoms with Crippen molar-refractivity contribution in [3.05, 3.63) is 176 Å². The highest BCUT2D eigenvalue weighted by Gasteiger charge is 2.20. The lowest BCUT2D eigenvalue weighted by Crippen LogP contribution is -2.00. The third-order valence-corrected chi connectivity index (χ3v) is 9.72. The second-order valence-corrected chi connectivity index (χ2v) is 12.8. The lowest BCUT2D eigenvalue weighted by atomic mass is 9.96. The van der Waals surface area contributed by atoms with Crippen LogP contribution in [0.1, 0.15) is 0 Å². The minimum Gasteiger partial charge on any atom is -0.456 e. The number of rotatable bonds is 5. The summed E-state index contributed by atoms with van der Waals surface area (Å²) in [6.45, 7) is 0. The Hall–Kier alpha value is -6.91. The van der Waals surface area contributed by atoms with Gasteiger partial charge in [-0.25, -0.2) is 15.0 Å². The first-order chi connectivity index (χ1) is 25.2. The van der Waals surface area contributed by atoms with E-state index < -0.39 is 0 Å². The van der Waals surface area contributed by atoms with Crippen molar-refractivity contribution in [3.63, 3.8) is 0 Å². The van der Waals surface area contributed by atoms with Crippen molar-refractivity contribution in [2.75, 3.05) is 0 Å². The summed E-state index contributed by atoms with van der Waals surface area (Å²) in [6, 6.07) is 61.1. The van der Waals surface area contributed by atoms with Crippen LogP contribution in [0.3, 0.4) is 0 Å². The molecule has 0 spiro atoms. The van der Waals surface area contributed by atoms with Gasteiger partial charge in [-0.2, -0.15) is 0 Å². The maximum atomic E-state index is 6.44. The number of benzene rings is 8. The van der Waals surface area contributed by atoms with Crippen molar-refractivity contribution >= 4 is 43.5 Å². The largest absolute Gasteiger partial charge is 0.456 e. The van der Waals surface area contributed by atoms with E-state index in [1.165, 1.54) is 27.1 Å². The van der Waals surface area contributed by atoms with Gasteiger partial charge >= 0.3 is 0 Å². The number of para-hydroxylation sites is 1. The molecule has 238 valence electrons. The standard InChI is InChI=1S/C47H29N3O/c1-3-11-30(12-4-1)37-28-41(44-39-17-9-10-18-42(39)51-43(44)29-37)47-49-45(34-14-5-2-6-15-34)48-46(50-47)35-24-19-31(20-25-35)36-26-23-33-22-21-32-13-7-8-16-38(32)40(33)27-36/h1-29H. The maximum absolute atomic E-state index is 6.44. The summed E-state index contributed by atoms with van der Waals surface area (Å²) < 4.78 is 6.44. The van der Waals surface area contributed by atoms with E-state index in [1.54, 1.807) is 0 Å². The molecule has 0 N–H and O–H groups in total. The molecule has 2 heterocycles. The third-order valence-electron chi connectivity index (χ3n) is 9.72. The van der Waals surface area contributed by atoms with E-state index >= 15 is 0 Å². The molecule has 0 aliphatic carbocycles. The molecule has 0 aliphatic heterocycles. The van der Waals surface area contributed by atoms with Crippen LogP contribution in [0.25, 0.3) is 99.9 Å². The first kappa shape index (κ1) is 29.0. The fourth-order valence-electron chi connectivity index (χ4n) is 7.16. The van der Waals surface area contributed by atoms with Crippen LogP contribution in [0.4, 0.5) is 0 Å². The fourth-order valence-corrected chi connectivity index (χ4v) is 7.16. The van der Waals surface area contributed by atoms with Gasteiger partial charge in [-0.1, -0.05) is 152 Å². The van der Waals surface area contributed by atoms with Crippen LogP contribution in [0, 0.1) is 0 Å². The van der Waals surface area contributed by atoms with Crippen LogP contribution in [0.15, 0.2) is 180 Å². The van der Waals surface area contributed by atoms with Gasteiger partial charge in [0, 0.05) is 27.5 Å². The number of fused-ring (bicyclic) bond motifs is 6. The van der Waals surface area contributed by atoms with Crippen molar-refractivity contribution in [1.82, 2.24) is 15.0 Å². The SMILES string of the molecule is c1ccc(-c2cc(-c3nc(-c4ccccc4)nc(-c4ccc(-c5ccc6ccc7ccccc7c6c5)cc4)n3)c3c(c2)oc2ccccc23)cc1. The Morgan fingerprint density at radius 3 is 1.61 bits per heavy atom. The van der Waals surface area contributed by atoms with E-state index in [0.29, 0.717) is 17.5 Å². The molecule has 8 aromatic carbocycles. The maximum Gasteiger partial charge on any atom is 0.164 e. The molecule has 0 radical (unpaired) electrons. The molecule has 0 bridgehead atoms. The molecule has 0 saturated carbocycles. The summed E-state index contributed by atoms with van der Waals surface area (Å²) >= 11 is 0. The predicted octanol–water partition coefficient (Wildman–Crippen LogP) is 12.4. The first-order valence-electron chi connectivity index (χ1n) is 17.1. The normalized spacial score (nSPS) is 11.5. The first-order valence-corrected chi connectivity index (χ1v) is 17.1. The number of hydrogen-bond acceptors (Lipinski definition) is 4. The molecule has 2 aromatic heterocycles. The zero-order valence-electron chi connectivity index (χ0n) is 27.5. The molecule has 4 heteroatoms. The molecule has 51 heavy (non-hydrogen) atoms. The third kappa shape index (κ3) is 5.13. The lowest BCUT2D eigenvalue weighted by molar-refractivity contribution is 0.669.